The summed E-state index contributed by atoms with van der Waals surface area (Å²) in [5.74, 6) is -0.131. The second-order valence-electron chi connectivity index (χ2n) is 8.34. The smallest absolute Gasteiger partial charge is 0.344 e. The van der Waals surface area contributed by atoms with Crippen LogP contribution in [0.1, 0.15) is 60.7 Å². The van der Waals surface area contributed by atoms with Crippen LogP contribution >= 0.6 is 0 Å². The highest BCUT2D eigenvalue weighted by atomic mass is 16.6. The van der Waals surface area contributed by atoms with E-state index in [-0.39, 0.29) is 24.4 Å². The summed E-state index contributed by atoms with van der Waals surface area (Å²) >= 11 is 0. The number of carbonyl (C=O) groups is 2. The Kier molecular flexibility index (Phi) is 6.18. The molecule has 0 aliphatic heterocycles. The Hall–Kier alpha value is -2.62. The molecular weight excluding hydrogens is 352 g/mol. The maximum atomic E-state index is 12.3. The predicted octanol–water partition coefficient (Wildman–Crippen LogP) is 4.67. The quantitative estimate of drug-likeness (QED) is 0.540. The second kappa shape index (κ2) is 8.59. The molecule has 4 nitrogen and oxygen atoms in total. The van der Waals surface area contributed by atoms with E-state index in [1.165, 1.54) is 23.1 Å². The first-order valence-corrected chi connectivity index (χ1v) is 9.87. The summed E-state index contributed by atoms with van der Waals surface area (Å²) in [6.45, 7) is 5.94. The molecule has 0 amide bonds. The van der Waals surface area contributed by atoms with E-state index >= 15 is 0 Å². The van der Waals surface area contributed by atoms with Gasteiger partial charge in [-0.25, -0.2) is 4.79 Å². The SMILES string of the molecule is CC(C)(C)c1ccc(OCC(=O)OCC(=O)c2ccc3c(c2)CCCC3)cc1. The van der Waals surface area contributed by atoms with Gasteiger partial charge in [0.1, 0.15) is 5.75 Å². The van der Waals surface area contributed by atoms with Crippen molar-refractivity contribution in [1.82, 2.24) is 0 Å². The molecule has 0 saturated heterocycles. The highest BCUT2D eigenvalue weighted by Crippen LogP contribution is 2.24. The van der Waals surface area contributed by atoms with Crippen LogP contribution < -0.4 is 4.74 Å². The average molecular weight is 380 g/mol. The Bertz CT molecular complexity index is 844. The third-order valence-electron chi connectivity index (χ3n) is 5.11. The maximum absolute atomic E-state index is 12.3. The van der Waals surface area contributed by atoms with E-state index in [0.717, 1.165) is 19.3 Å². The molecular formula is C24H28O4. The van der Waals surface area contributed by atoms with Crippen LogP contribution in [-0.2, 0) is 27.8 Å². The Morgan fingerprint density at radius 2 is 1.57 bits per heavy atom. The van der Waals surface area contributed by atoms with Crippen molar-refractivity contribution in [3.8, 4) is 5.75 Å². The third kappa shape index (κ3) is 5.22. The lowest BCUT2D eigenvalue weighted by atomic mass is 9.87. The van der Waals surface area contributed by atoms with E-state index in [0.29, 0.717) is 11.3 Å². The van der Waals surface area contributed by atoms with Crippen LogP contribution in [-0.4, -0.2) is 25.0 Å². The monoisotopic (exact) mass is 380 g/mol. The minimum absolute atomic E-state index is 0.0640. The zero-order chi connectivity index (χ0) is 20.1. The standard InChI is InChI=1S/C24H28O4/c1-24(2,3)20-10-12-21(13-11-20)27-16-23(26)28-15-22(25)19-9-8-17-6-4-5-7-18(17)14-19/h8-14H,4-7,15-16H2,1-3H3. The van der Waals surface area contributed by atoms with Crippen molar-refractivity contribution in [2.75, 3.05) is 13.2 Å². The summed E-state index contributed by atoms with van der Waals surface area (Å²) in [5.41, 5.74) is 4.43. The summed E-state index contributed by atoms with van der Waals surface area (Å²) in [6.07, 6.45) is 4.45. The summed E-state index contributed by atoms with van der Waals surface area (Å²) in [6, 6.07) is 13.4. The molecule has 0 bridgehead atoms. The lowest BCUT2D eigenvalue weighted by molar-refractivity contribution is -0.144. The highest BCUT2D eigenvalue weighted by molar-refractivity contribution is 5.98. The maximum Gasteiger partial charge on any atom is 0.344 e. The first-order chi connectivity index (χ1) is 13.3. The Labute approximate surface area is 166 Å². The number of benzene rings is 2. The Morgan fingerprint density at radius 1 is 0.893 bits per heavy atom. The third-order valence-corrected chi connectivity index (χ3v) is 5.11. The van der Waals surface area contributed by atoms with E-state index in [1.807, 2.05) is 42.5 Å². The topological polar surface area (TPSA) is 52.6 Å². The number of Topliss-reactive ketones (excluding diaryl/α,β-unsaturated/α-hetero) is 1. The van der Waals surface area contributed by atoms with Gasteiger partial charge in [0, 0.05) is 5.56 Å². The largest absolute Gasteiger partial charge is 0.482 e. The van der Waals surface area contributed by atoms with Gasteiger partial charge in [-0.2, -0.15) is 0 Å². The fourth-order valence-corrected chi connectivity index (χ4v) is 3.37. The summed E-state index contributed by atoms with van der Waals surface area (Å²) in [7, 11) is 0. The van der Waals surface area contributed by atoms with E-state index in [2.05, 4.69) is 20.8 Å². The van der Waals surface area contributed by atoms with Crippen molar-refractivity contribution in [2.24, 2.45) is 0 Å². The fourth-order valence-electron chi connectivity index (χ4n) is 3.37. The molecule has 0 spiro atoms. The summed E-state index contributed by atoms with van der Waals surface area (Å²) in [5, 5.41) is 0. The van der Waals surface area contributed by atoms with Crippen molar-refractivity contribution in [3.05, 3.63) is 64.7 Å². The van der Waals surface area contributed by atoms with Crippen molar-refractivity contribution in [3.63, 3.8) is 0 Å². The molecule has 3 rings (SSSR count). The first kappa shape index (κ1) is 20.1. The normalized spacial score (nSPS) is 13.5. The number of hydrogen-bond acceptors (Lipinski definition) is 4. The molecule has 0 unspecified atom stereocenters. The molecule has 28 heavy (non-hydrogen) atoms. The molecule has 0 radical (unpaired) electrons. The van der Waals surface area contributed by atoms with Crippen LogP contribution in [0.25, 0.3) is 0 Å². The molecule has 0 atom stereocenters. The minimum atomic E-state index is -0.550. The molecule has 4 heteroatoms. The van der Waals surface area contributed by atoms with Crippen LogP contribution in [0, 0.1) is 0 Å². The van der Waals surface area contributed by atoms with Gasteiger partial charge in [0.05, 0.1) is 0 Å². The van der Waals surface area contributed by atoms with Crippen molar-refractivity contribution >= 4 is 11.8 Å². The fraction of sp³-hybridized carbons (Fsp3) is 0.417. The molecule has 0 fully saturated rings. The summed E-state index contributed by atoms with van der Waals surface area (Å²) < 4.78 is 10.6. The number of fused-ring (bicyclic) bond motifs is 1. The molecule has 0 aromatic heterocycles. The van der Waals surface area contributed by atoms with Crippen molar-refractivity contribution in [1.29, 1.82) is 0 Å². The number of hydrogen-bond donors (Lipinski definition) is 0. The van der Waals surface area contributed by atoms with Crippen LogP contribution in [0.2, 0.25) is 0 Å². The van der Waals surface area contributed by atoms with Gasteiger partial charge in [-0.15, -0.1) is 0 Å². The van der Waals surface area contributed by atoms with Crippen LogP contribution in [0.3, 0.4) is 0 Å². The Morgan fingerprint density at radius 3 is 2.25 bits per heavy atom. The average Bonchev–Trinajstić information content (AvgIpc) is 2.69. The summed E-state index contributed by atoms with van der Waals surface area (Å²) in [4.78, 5) is 24.2. The van der Waals surface area contributed by atoms with Gasteiger partial charge < -0.3 is 9.47 Å². The molecule has 1 aliphatic carbocycles. The molecule has 2 aromatic rings. The van der Waals surface area contributed by atoms with Gasteiger partial charge in [0.2, 0.25) is 0 Å². The molecule has 2 aromatic carbocycles. The molecule has 0 heterocycles. The number of esters is 1. The zero-order valence-electron chi connectivity index (χ0n) is 16.9. The number of ketones is 1. The van der Waals surface area contributed by atoms with Gasteiger partial charge in [-0.05, 0) is 66.0 Å². The van der Waals surface area contributed by atoms with Crippen LogP contribution in [0.4, 0.5) is 0 Å². The lowest BCUT2D eigenvalue weighted by Crippen LogP contribution is -2.20. The predicted molar refractivity (Wildman–Crippen MR) is 109 cm³/mol. The first-order valence-electron chi connectivity index (χ1n) is 9.87. The number of rotatable bonds is 6. The second-order valence-corrected chi connectivity index (χ2v) is 8.34. The molecule has 0 N–H and O–H groups in total. The van der Waals surface area contributed by atoms with Crippen molar-refractivity contribution < 1.29 is 19.1 Å². The number of aryl methyl sites for hydroxylation is 2. The van der Waals surface area contributed by atoms with Gasteiger partial charge in [0.25, 0.3) is 0 Å². The van der Waals surface area contributed by atoms with Gasteiger partial charge >= 0.3 is 5.97 Å². The molecule has 0 saturated carbocycles. The van der Waals surface area contributed by atoms with Gasteiger partial charge in [-0.1, -0.05) is 45.0 Å². The van der Waals surface area contributed by atoms with Gasteiger partial charge in [0.15, 0.2) is 19.0 Å². The van der Waals surface area contributed by atoms with E-state index in [9.17, 15) is 9.59 Å². The zero-order valence-corrected chi connectivity index (χ0v) is 16.9. The number of carbonyl (C=O) groups excluding carboxylic acids is 2. The molecule has 148 valence electrons. The molecule has 1 aliphatic rings. The Balaban J connectivity index is 1.47. The van der Waals surface area contributed by atoms with Gasteiger partial charge in [-0.3, -0.25) is 4.79 Å². The van der Waals surface area contributed by atoms with E-state index in [4.69, 9.17) is 9.47 Å². The van der Waals surface area contributed by atoms with E-state index in [1.54, 1.807) is 0 Å². The number of ether oxygens (including phenoxy) is 2. The highest BCUT2D eigenvalue weighted by Gasteiger charge is 2.16. The van der Waals surface area contributed by atoms with Crippen molar-refractivity contribution in [2.45, 2.75) is 51.9 Å². The van der Waals surface area contributed by atoms with Crippen LogP contribution in [0.5, 0.6) is 5.75 Å². The van der Waals surface area contributed by atoms with Crippen LogP contribution in [0.15, 0.2) is 42.5 Å². The van der Waals surface area contributed by atoms with E-state index < -0.39 is 5.97 Å². The lowest BCUT2D eigenvalue weighted by Gasteiger charge is -2.19. The minimum Gasteiger partial charge on any atom is -0.482 e.